The van der Waals surface area contributed by atoms with Gasteiger partial charge in [-0.2, -0.15) is 0 Å². The first-order valence-electron chi connectivity index (χ1n) is 11.2. The molecule has 0 aliphatic carbocycles. The Hall–Kier alpha value is -2.47. The average molecular weight is 407 g/mol. The Morgan fingerprint density at radius 1 is 1.17 bits per heavy atom. The highest BCUT2D eigenvalue weighted by atomic mass is 16.5. The minimum Gasteiger partial charge on any atom is -0.378 e. The number of hydrogen-bond acceptors (Lipinski definition) is 5. The summed E-state index contributed by atoms with van der Waals surface area (Å²) in [7, 11) is 0. The Morgan fingerprint density at radius 2 is 1.97 bits per heavy atom. The van der Waals surface area contributed by atoms with Crippen molar-refractivity contribution in [1.29, 1.82) is 0 Å². The Morgan fingerprint density at radius 3 is 2.70 bits per heavy atom. The molecule has 2 fully saturated rings. The summed E-state index contributed by atoms with van der Waals surface area (Å²) in [6, 6.07) is 10.4. The lowest BCUT2D eigenvalue weighted by Gasteiger charge is -2.40. The lowest BCUT2D eigenvalue weighted by Crippen LogP contribution is -2.43. The van der Waals surface area contributed by atoms with Crippen molar-refractivity contribution < 1.29 is 9.53 Å². The number of nitrogens with zero attached hydrogens (tertiary/aromatic N) is 3. The maximum atomic E-state index is 12.6. The molecule has 1 atom stereocenters. The zero-order chi connectivity index (χ0) is 20.6. The molecule has 1 spiro atoms. The van der Waals surface area contributed by atoms with Crippen LogP contribution in [-0.4, -0.2) is 48.2 Å². The number of aryl methyl sites for hydroxylation is 2. The molecule has 6 nitrogen and oxygen atoms in total. The van der Waals surface area contributed by atoms with E-state index in [1.165, 1.54) is 5.56 Å². The van der Waals surface area contributed by atoms with E-state index in [4.69, 9.17) is 9.72 Å². The van der Waals surface area contributed by atoms with Crippen LogP contribution >= 0.6 is 0 Å². The summed E-state index contributed by atoms with van der Waals surface area (Å²) in [4.78, 5) is 24.6. The third-order valence-corrected chi connectivity index (χ3v) is 6.91. The normalized spacial score (nSPS) is 22.8. The molecule has 158 valence electrons. The molecule has 30 heavy (non-hydrogen) atoms. The van der Waals surface area contributed by atoms with Crippen LogP contribution in [0.25, 0.3) is 0 Å². The van der Waals surface area contributed by atoms with Gasteiger partial charge in [-0.3, -0.25) is 4.79 Å². The van der Waals surface area contributed by atoms with Gasteiger partial charge in [-0.15, -0.1) is 0 Å². The predicted octanol–water partition coefficient (Wildman–Crippen LogP) is 2.94. The minimum atomic E-state index is -0.0626. The summed E-state index contributed by atoms with van der Waals surface area (Å²) < 4.78 is 5.89. The molecule has 4 heterocycles. The van der Waals surface area contributed by atoms with Crippen molar-refractivity contribution in [2.24, 2.45) is 5.41 Å². The molecule has 1 amide bonds. The maximum Gasteiger partial charge on any atom is 0.270 e. The van der Waals surface area contributed by atoms with E-state index < -0.39 is 0 Å². The topological polar surface area (TPSA) is 67.4 Å². The van der Waals surface area contributed by atoms with E-state index in [-0.39, 0.29) is 5.91 Å². The third-order valence-electron chi connectivity index (χ3n) is 6.91. The van der Waals surface area contributed by atoms with Crippen LogP contribution in [0.4, 0.5) is 5.82 Å². The highest BCUT2D eigenvalue weighted by Gasteiger charge is 2.41. The molecular weight excluding hydrogens is 376 g/mol. The van der Waals surface area contributed by atoms with E-state index in [9.17, 15) is 4.79 Å². The van der Waals surface area contributed by atoms with Gasteiger partial charge >= 0.3 is 0 Å². The maximum absolute atomic E-state index is 12.6. The van der Waals surface area contributed by atoms with Crippen molar-refractivity contribution >= 4 is 11.7 Å². The zero-order valence-corrected chi connectivity index (χ0v) is 17.7. The molecule has 2 saturated heterocycles. The van der Waals surface area contributed by atoms with Crippen LogP contribution in [0.2, 0.25) is 0 Å². The van der Waals surface area contributed by atoms with Crippen LogP contribution in [0.5, 0.6) is 0 Å². The molecule has 0 radical (unpaired) electrons. The van der Waals surface area contributed by atoms with Crippen LogP contribution in [0.1, 0.15) is 53.6 Å². The number of nitrogens with one attached hydrogen (secondary N) is 1. The van der Waals surface area contributed by atoms with Crippen molar-refractivity contribution in [3.8, 4) is 0 Å². The van der Waals surface area contributed by atoms with Gasteiger partial charge in [0.1, 0.15) is 17.3 Å². The van der Waals surface area contributed by atoms with Crippen molar-refractivity contribution in [3.05, 3.63) is 53.0 Å². The smallest absolute Gasteiger partial charge is 0.270 e. The number of fused-ring (bicyclic) bond motifs is 1. The number of hydrogen-bond donors (Lipinski definition) is 1. The summed E-state index contributed by atoms with van der Waals surface area (Å²) in [5.74, 6) is 1.69. The number of carbonyl (C=O) groups is 1. The summed E-state index contributed by atoms with van der Waals surface area (Å²) in [6.45, 7) is 5.67. The molecule has 0 saturated carbocycles. The Bertz CT molecular complexity index is 922. The molecule has 1 unspecified atom stereocenters. The van der Waals surface area contributed by atoms with Gasteiger partial charge in [0.2, 0.25) is 0 Å². The van der Waals surface area contributed by atoms with E-state index in [0.29, 0.717) is 23.8 Å². The monoisotopic (exact) mass is 406 g/mol. The Kier molecular flexibility index (Phi) is 5.19. The molecule has 3 aliphatic heterocycles. The van der Waals surface area contributed by atoms with E-state index >= 15 is 0 Å². The molecule has 3 aliphatic rings. The van der Waals surface area contributed by atoms with Gasteiger partial charge in [0.15, 0.2) is 0 Å². The first kappa shape index (κ1) is 19.5. The fraction of sp³-hybridized carbons (Fsp3) is 0.542. The second kappa shape index (κ2) is 7.99. The first-order chi connectivity index (χ1) is 14.6. The van der Waals surface area contributed by atoms with Crippen molar-refractivity contribution in [2.45, 2.75) is 51.6 Å². The number of anilines is 1. The number of rotatable bonds is 4. The van der Waals surface area contributed by atoms with Crippen LogP contribution in [0, 0.1) is 5.41 Å². The van der Waals surface area contributed by atoms with Crippen LogP contribution < -0.4 is 10.2 Å². The van der Waals surface area contributed by atoms with Gasteiger partial charge in [-0.05, 0) is 50.0 Å². The van der Waals surface area contributed by atoms with Crippen LogP contribution in [0.15, 0.2) is 30.3 Å². The predicted molar refractivity (Wildman–Crippen MR) is 116 cm³/mol. The van der Waals surface area contributed by atoms with Crippen molar-refractivity contribution in [1.82, 2.24) is 15.3 Å². The van der Waals surface area contributed by atoms with Gasteiger partial charge in [0.05, 0.1) is 12.7 Å². The lowest BCUT2D eigenvalue weighted by molar-refractivity contribution is 0.0939. The highest BCUT2D eigenvalue weighted by Crippen LogP contribution is 2.43. The summed E-state index contributed by atoms with van der Waals surface area (Å²) >= 11 is 0. The van der Waals surface area contributed by atoms with E-state index in [2.05, 4.69) is 46.4 Å². The number of carbonyl (C=O) groups excluding carboxylic acids is 1. The molecular formula is C24H30N4O2. The molecule has 0 bridgehead atoms. The second-order valence-electron chi connectivity index (χ2n) is 9.09. The number of aromatic nitrogens is 2. The van der Waals surface area contributed by atoms with Crippen molar-refractivity contribution in [2.75, 3.05) is 31.1 Å². The fourth-order valence-electron chi connectivity index (χ4n) is 5.18. The number of amides is 1. The van der Waals surface area contributed by atoms with Gasteiger partial charge in [-0.1, -0.05) is 30.3 Å². The minimum absolute atomic E-state index is 0.0626. The van der Waals surface area contributed by atoms with Gasteiger partial charge < -0.3 is 15.0 Å². The highest BCUT2D eigenvalue weighted by molar-refractivity contribution is 5.96. The molecule has 1 aromatic carbocycles. The first-order valence-corrected chi connectivity index (χ1v) is 11.2. The SMILES string of the molecule is CC1CC2(CCN(c3nc(CCc4ccccc4)nc4c3CCNC4=O)CC2)CO1. The molecule has 1 N–H and O–H groups in total. The molecule has 5 rings (SSSR count). The average Bonchev–Trinajstić information content (AvgIpc) is 3.13. The number of benzene rings is 1. The van der Waals surface area contributed by atoms with E-state index in [0.717, 1.165) is 75.4 Å². The number of piperidine rings is 1. The number of ether oxygens (including phenoxy) is 1. The van der Waals surface area contributed by atoms with Crippen LogP contribution in [0.3, 0.4) is 0 Å². The van der Waals surface area contributed by atoms with Gasteiger partial charge in [0, 0.05) is 31.6 Å². The van der Waals surface area contributed by atoms with Gasteiger partial charge in [0.25, 0.3) is 5.91 Å². The Labute approximate surface area is 178 Å². The van der Waals surface area contributed by atoms with E-state index in [1.54, 1.807) is 0 Å². The summed E-state index contributed by atoms with van der Waals surface area (Å²) in [6.07, 6.45) is 6.20. The quantitative estimate of drug-likeness (QED) is 0.846. The fourth-order valence-corrected chi connectivity index (χ4v) is 5.18. The molecule has 2 aromatic rings. The zero-order valence-electron chi connectivity index (χ0n) is 17.7. The largest absolute Gasteiger partial charge is 0.378 e. The summed E-state index contributed by atoms with van der Waals surface area (Å²) in [5.41, 5.74) is 3.19. The Balaban J connectivity index is 1.39. The summed E-state index contributed by atoms with van der Waals surface area (Å²) in [5, 5.41) is 2.95. The molecule has 1 aromatic heterocycles. The van der Waals surface area contributed by atoms with Gasteiger partial charge in [-0.25, -0.2) is 9.97 Å². The second-order valence-corrected chi connectivity index (χ2v) is 9.09. The molecule has 6 heteroatoms. The van der Waals surface area contributed by atoms with Crippen LogP contribution in [-0.2, 0) is 24.0 Å². The standard InChI is InChI=1S/C24H30N4O2/c1-17-15-24(16-30-17)10-13-28(14-11-24)22-19-9-12-25-23(29)21(19)26-20(27-22)8-7-18-5-3-2-4-6-18/h2-6,17H,7-16H2,1H3,(H,25,29). The lowest BCUT2D eigenvalue weighted by atomic mass is 9.77. The van der Waals surface area contributed by atoms with E-state index in [1.807, 2.05) is 6.07 Å². The third kappa shape index (κ3) is 3.81. The van der Waals surface area contributed by atoms with Crippen molar-refractivity contribution in [3.63, 3.8) is 0 Å².